The Kier molecular flexibility index (Phi) is 5.42. The molecular weight excluding hydrogens is 355 g/mol. The van der Waals surface area contributed by atoms with Crippen LogP contribution in [0.4, 0.5) is 23.2 Å². The van der Waals surface area contributed by atoms with Gasteiger partial charge >= 0.3 is 6.18 Å². The first kappa shape index (κ1) is 16.0. The van der Waals surface area contributed by atoms with Crippen LogP contribution in [0.15, 0.2) is 16.6 Å². The van der Waals surface area contributed by atoms with E-state index in [9.17, 15) is 22.4 Å². The van der Waals surface area contributed by atoms with Crippen molar-refractivity contribution in [2.45, 2.75) is 6.18 Å². The lowest BCUT2D eigenvalue weighted by atomic mass is 10.3. The molecule has 0 aliphatic heterocycles. The number of rotatable bonds is 4. The van der Waals surface area contributed by atoms with E-state index in [1.807, 2.05) is 0 Å². The summed E-state index contributed by atoms with van der Waals surface area (Å²) in [6, 6.07) is 2.13. The quantitative estimate of drug-likeness (QED) is 0.806. The fourth-order valence-electron chi connectivity index (χ4n) is 1.14. The van der Waals surface area contributed by atoms with Crippen molar-refractivity contribution in [2.24, 2.45) is 0 Å². The van der Waals surface area contributed by atoms with Gasteiger partial charge in [-0.15, -0.1) is 0 Å². The molecule has 0 aromatic heterocycles. The number of hydrogen-bond acceptors (Lipinski definition) is 2. The van der Waals surface area contributed by atoms with Crippen LogP contribution < -0.4 is 10.6 Å². The highest BCUT2D eigenvalue weighted by molar-refractivity contribution is 9.10. The Morgan fingerprint density at radius 2 is 2.00 bits per heavy atom. The molecule has 0 saturated heterocycles. The molecule has 0 radical (unpaired) electrons. The van der Waals surface area contributed by atoms with Crippen molar-refractivity contribution in [1.82, 2.24) is 5.32 Å². The first-order chi connectivity index (χ1) is 8.69. The van der Waals surface area contributed by atoms with Gasteiger partial charge in [0.15, 0.2) is 0 Å². The number of carbonyl (C=O) groups excluding carboxylic acids is 1. The van der Waals surface area contributed by atoms with Gasteiger partial charge in [-0.3, -0.25) is 4.79 Å². The summed E-state index contributed by atoms with van der Waals surface area (Å²) >= 11 is 8.74. The Morgan fingerprint density at radius 1 is 1.37 bits per heavy atom. The van der Waals surface area contributed by atoms with Crippen molar-refractivity contribution in [3.63, 3.8) is 0 Å². The van der Waals surface area contributed by atoms with Crippen molar-refractivity contribution in [1.29, 1.82) is 0 Å². The number of alkyl halides is 3. The molecule has 0 heterocycles. The summed E-state index contributed by atoms with van der Waals surface area (Å²) in [6.07, 6.45) is -4.47. The zero-order valence-electron chi connectivity index (χ0n) is 9.24. The van der Waals surface area contributed by atoms with Gasteiger partial charge in [0, 0.05) is 4.47 Å². The summed E-state index contributed by atoms with van der Waals surface area (Å²) < 4.78 is 48.7. The summed E-state index contributed by atoms with van der Waals surface area (Å²) in [4.78, 5) is 11.1. The van der Waals surface area contributed by atoms with Gasteiger partial charge in [-0.2, -0.15) is 13.2 Å². The predicted octanol–water partition coefficient (Wildman–Crippen LogP) is 3.33. The molecule has 1 aromatic carbocycles. The Balaban J connectivity index is 2.56. The molecule has 0 fully saturated rings. The minimum Gasteiger partial charge on any atom is -0.374 e. The lowest BCUT2D eigenvalue weighted by Gasteiger charge is -2.12. The van der Waals surface area contributed by atoms with E-state index >= 15 is 0 Å². The molecule has 0 saturated carbocycles. The van der Waals surface area contributed by atoms with E-state index in [-0.39, 0.29) is 15.2 Å². The maximum atomic E-state index is 12.9. The Morgan fingerprint density at radius 3 is 2.53 bits per heavy atom. The lowest BCUT2D eigenvalue weighted by Crippen LogP contribution is -2.37. The van der Waals surface area contributed by atoms with E-state index in [1.165, 1.54) is 0 Å². The number of halogens is 6. The maximum absolute atomic E-state index is 12.9. The molecule has 9 heteroatoms. The molecule has 3 nitrogen and oxygen atoms in total. The fraction of sp³-hybridized carbons (Fsp3) is 0.300. The minimum absolute atomic E-state index is 0.00972. The van der Waals surface area contributed by atoms with Crippen LogP contribution in [-0.2, 0) is 4.79 Å². The van der Waals surface area contributed by atoms with E-state index in [0.717, 1.165) is 12.1 Å². The van der Waals surface area contributed by atoms with Crippen LogP contribution in [0.25, 0.3) is 0 Å². The average Bonchev–Trinajstić information content (AvgIpc) is 2.23. The highest BCUT2D eigenvalue weighted by Gasteiger charge is 2.27. The highest BCUT2D eigenvalue weighted by atomic mass is 79.9. The zero-order chi connectivity index (χ0) is 14.6. The van der Waals surface area contributed by atoms with Crippen molar-refractivity contribution < 1.29 is 22.4 Å². The Labute approximate surface area is 119 Å². The predicted molar refractivity (Wildman–Crippen MR) is 66.7 cm³/mol. The normalized spacial score (nSPS) is 11.3. The summed E-state index contributed by atoms with van der Waals surface area (Å²) in [5.74, 6) is -1.44. The number of amides is 1. The van der Waals surface area contributed by atoms with Gasteiger partial charge in [-0.25, -0.2) is 4.39 Å². The molecular formula is C10H8BrClF4N2O. The largest absolute Gasteiger partial charge is 0.405 e. The second-order valence-electron chi connectivity index (χ2n) is 3.49. The first-order valence-electron chi connectivity index (χ1n) is 4.91. The Hall–Kier alpha value is -1.02. The van der Waals surface area contributed by atoms with Gasteiger partial charge < -0.3 is 10.6 Å². The molecule has 0 unspecified atom stereocenters. The monoisotopic (exact) mass is 362 g/mol. The van der Waals surface area contributed by atoms with Crippen LogP contribution in [-0.4, -0.2) is 25.2 Å². The number of nitrogens with one attached hydrogen (secondary N) is 2. The van der Waals surface area contributed by atoms with Gasteiger partial charge in [0.25, 0.3) is 0 Å². The van der Waals surface area contributed by atoms with Crippen LogP contribution >= 0.6 is 27.5 Å². The summed E-state index contributed by atoms with van der Waals surface area (Å²) in [6.45, 7) is -1.83. The van der Waals surface area contributed by atoms with Crippen LogP contribution in [0.2, 0.25) is 5.02 Å². The van der Waals surface area contributed by atoms with E-state index in [2.05, 4.69) is 21.2 Å². The first-order valence-corrected chi connectivity index (χ1v) is 6.08. The van der Waals surface area contributed by atoms with Crippen LogP contribution in [0.5, 0.6) is 0 Å². The molecule has 1 amide bonds. The van der Waals surface area contributed by atoms with Crippen molar-refractivity contribution in [3.8, 4) is 0 Å². The second kappa shape index (κ2) is 6.42. The molecule has 1 aromatic rings. The number of anilines is 1. The summed E-state index contributed by atoms with van der Waals surface area (Å²) in [5, 5.41) is 4.21. The SMILES string of the molecule is O=C(CNc1c(Cl)cc(F)cc1Br)NCC(F)(F)F. The number of carbonyl (C=O) groups is 1. The minimum atomic E-state index is -4.47. The topological polar surface area (TPSA) is 41.1 Å². The third-order valence-electron chi connectivity index (χ3n) is 1.92. The van der Waals surface area contributed by atoms with E-state index < -0.39 is 31.0 Å². The smallest absolute Gasteiger partial charge is 0.374 e. The van der Waals surface area contributed by atoms with Gasteiger partial charge in [-0.1, -0.05) is 11.6 Å². The van der Waals surface area contributed by atoms with E-state index in [0.29, 0.717) is 0 Å². The molecule has 0 atom stereocenters. The fourth-order valence-corrected chi connectivity index (χ4v) is 2.10. The molecule has 0 spiro atoms. The van der Waals surface area contributed by atoms with Gasteiger partial charge in [0.2, 0.25) is 5.91 Å². The molecule has 0 aliphatic rings. The maximum Gasteiger partial charge on any atom is 0.405 e. The zero-order valence-corrected chi connectivity index (χ0v) is 11.6. The van der Waals surface area contributed by atoms with Gasteiger partial charge in [0.05, 0.1) is 17.3 Å². The third-order valence-corrected chi connectivity index (χ3v) is 2.84. The molecule has 106 valence electrons. The van der Waals surface area contributed by atoms with Crippen LogP contribution in [0.1, 0.15) is 0 Å². The highest BCUT2D eigenvalue weighted by Crippen LogP contribution is 2.31. The second-order valence-corrected chi connectivity index (χ2v) is 4.75. The summed E-state index contributed by atoms with van der Waals surface area (Å²) in [5.41, 5.74) is 0.227. The van der Waals surface area contributed by atoms with Crippen molar-refractivity contribution in [2.75, 3.05) is 18.4 Å². The summed E-state index contributed by atoms with van der Waals surface area (Å²) in [7, 11) is 0. The number of benzene rings is 1. The van der Waals surface area contributed by atoms with Crippen LogP contribution in [0, 0.1) is 5.82 Å². The van der Waals surface area contributed by atoms with Gasteiger partial charge in [0.1, 0.15) is 12.4 Å². The number of hydrogen-bond donors (Lipinski definition) is 2. The van der Waals surface area contributed by atoms with E-state index in [1.54, 1.807) is 5.32 Å². The molecule has 19 heavy (non-hydrogen) atoms. The van der Waals surface area contributed by atoms with Crippen LogP contribution in [0.3, 0.4) is 0 Å². The van der Waals surface area contributed by atoms with Crippen molar-refractivity contribution >= 4 is 39.1 Å². The third kappa shape index (κ3) is 5.65. The van der Waals surface area contributed by atoms with Gasteiger partial charge in [-0.05, 0) is 28.1 Å². The molecule has 0 aliphatic carbocycles. The lowest BCUT2D eigenvalue weighted by molar-refractivity contribution is -0.137. The standard InChI is InChI=1S/C10H8BrClF4N2O/c11-6-1-5(13)2-7(12)9(6)17-3-8(19)18-4-10(14,15)16/h1-2,17H,3-4H2,(H,18,19). The molecule has 2 N–H and O–H groups in total. The Bertz CT molecular complexity index is 458. The van der Waals surface area contributed by atoms with E-state index in [4.69, 9.17) is 11.6 Å². The molecule has 1 rings (SSSR count). The van der Waals surface area contributed by atoms with Crippen molar-refractivity contribution in [3.05, 3.63) is 27.4 Å². The molecule has 0 bridgehead atoms. The average molecular weight is 364 g/mol.